The first-order valence-electron chi connectivity index (χ1n) is 7.09. The zero-order valence-electron chi connectivity index (χ0n) is 12.2. The Bertz CT molecular complexity index is 943. The van der Waals surface area contributed by atoms with Gasteiger partial charge in [0.05, 0.1) is 0 Å². The van der Waals surface area contributed by atoms with Crippen molar-refractivity contribution in [2.24, 2.45) is 7.05 Å². The number of aromatic nitrogens is 4. The molecule has 0 aliphatic rings. The van der Waals surface area contributed by atoms with Crippen LogP contribution in [0.1, 0.15) is 25.3 Å². The van der Waals surface area contributed by atoms with Gasteiger partial charge in [-0.25, -0.2) is 4.98 Å². The Kier molecular flexibility index (Phi) is 3.48. The number of rotatable bonds is 3. The number of fused-ring (bicyclic) bond motifs is 1. The SMILES string of the molecule is CCC/C=c1\[nH]/c(=C\c2c[nH]c3ncccc23)c(=O)n1C. The first kappa shape index (κ1) is 13.4. The third-order valence-corrected chi connectivity index (χ3v) is 3.57. The third-order valence-electron chi connectivity index (χ3n) is 3.57. The molecule has 0 atom stereocenters. The molecule has 0 aromatic carbocycles. The van der Waals surface area contributed by atoms with E-state index < -0.39 is 0 Å². The molecule has 3 aromatic rings. The zero-order chi connectivity index (χ0) is 14.8. The highest BCUT2D eigenvalue weighted by Crippen LogP contribution is 2.15. The number of nitrogens with one attached hydrogen (secondary N) is 2. The molecular weight excluding hydrogens is 264 g/mol. The van der Waals surface area contributed by atoms with Gasteiger partial charge in [0.2, 0.25) is 0 Å². The molecule has 3 heterocycles. The Labute approximate surface area is 121 Å². The molecule has 0 spiro atoms. The zero-order valence-corrected chi connectivity index (χ0v) is 12.2. The van der Waals surface area contributed by atoms with Gasteiger partial charge >= 0.3 is 0 Å². The van der Waals surface area contributed by atoms with Gasteiger partial charge in [0, 0.05) is 30.4 Å². The van der Waals surface area contributed by atoms with Crippen LogP contribution in [0.5, 0.6) is 0 Å². The van der Waals surface area contributed by atoms with Crippen LogP contribution >= 0.6 is 0 Å². The van der Waals surface area contributed by atoms with Gasteiger partial charge in [-0.05, 0) is 30.7 Å². The van der Waals surface area contributed by atoms with Gasteiger partial charge in [0.15, 0.2) is 0 Å². The molecule has 5 nitrogen and oxygen atoms in total. The highest BCUT2D eigenvalue weighted by molar-refractivity contribution is 5.85. The first-order chi connectivity index (χ1) is 10.2. The summed E-state index contributed by atoms with van der Waals surface area (Å²) >= 11 is 0. The van der Waals surface area contributed by atoms with Crippen LogP contribution in [-0.4, -0.2) is 19.5 Å². The lowest BCUT2D eigenvalue weighted by molar-refractivity contribution is 0.829. The predicted octanol–water partition coefficient (Wildman–Crippen LogP) is 0.999. The van der Waals surface area contributed by atoms with Gasteiger partial charge in [0.25, 0.3) is 5.56 Å². The molecule has 0 fully saturated rings. The van der Waals surface area contributed by atoms with Crippen molar-refractivity contribution >= 4 is 23.2 Å². The van der Waals surface area contributed by atoms with Crippen LogP contribution in [0, 0.1) is 0 Å². The van der Waals surface area contributed by atoms with Crippen molar-refractivity contribution < 1.29 is 0 Å². The van der Waals surface area contributed by atoms with Crippen molar-refractivity contribution in [3.63, 3.8) is 0 Å². The molecule has 0 unspecified atom stereocenters. The topological polar surface area (TPSA) is 66.5 Å². The van der Waals surface area contributed by atoms with E-state index in [1.165, 1.54) is 0 Å². The second kappa shape index (κ2) is 5.44. The summed E-state index contributed by atoms with van der Waals surface area (Å²) in [5, 5.41) is 1.60. The average molecular weight is 282 g/mol. The standard InChI is InChI=1S/C16H18N4O/c1-3-4-7-14-19-13(16(21)20(14)2)9-11-10-18-15-12(11)6-5-8-17-15/h5-10,19H,3-4H2,1-2H3,(H,17,18)/b13-9-,14-7+. The molecule has 0 aliphatic heterocycles. The fourth-order valence-corrected chi connectivity index (χ4v) is 2.38. The molecule has 5 heteroatoms. The van der Waals surface area contributed by atoms with Crippen molar-refractivity contribution in [2.75, 3.05) is 0 Å². The maximum Gasteiger partial charge on any atom is 0.275 e. The summed E-state index contributed by atoms with van der Waals surface area (Å²) < 4.78 is 1.65. The molecule has 3 rings (SSSR count). The second-order valence-electron chi connectivity index (χ2n) is 5.07. The minimum atomic E-state index is -0.0180. The van der Waals surface area contributed by atoms with E-state index in [-0.39, 0.29) is 5.56 Å². The van der Waals surface area contributed by atoms with Gasteiger partial charge in [-0.15, -0.1) is 0 Å². The highest BCUT2D eigenvalue weighted by Gasteiger charge is 2.03. The fourth-order valence-electron chi connectivity index (χ4n) is 2.38. The van der Waals surface area contributed by atoms with Crippen LogP contribution in [-0.2, 0) is 7.05 Å². The summed E-state index contributed by atoms with van der Waals surface area (Å²) in [6.45, 7) is 2.11. The molecule has 3 aromatic heterocycles. The Morgan fingerprint density at radius 1 is 1.43 bits per heavy atom. The maximum atomic E-state index is 12.3. The van der Waals surface area contributed by atoms with Gasteiger partial charge in [0.1, 0.15) is 16.5 Å². The number of H-pyrrole nitrogens is 2. The first-order valence-corrected chi connectivity index (χ1v) is 7.09. The van der Waals surface area contributed by atoms with Crippen LogP contribution in [0.2, 0.25) is 0 Å². The van der Waals surface area contributed by atoms with Crippen LogP contribution in [0.15, 0.2) is 29.3 Å². The molecule has 108 valence electrons. The summed E-state index contributed by atoms with van der Waals surface area (Å²) in [5.74, 6) is 0. The minimum absolute atomic E-state index is 0.0180. The lowest BCUT2D eigenvalue weighted by atomic mass is 10.2. The molecule has 0 aliphatic carbocycles. The van der Waals surface area contributed by atoms with Crippen LogP contribution in [0.25, 0.3) is 23.2 Å². The Morgan fingerprint density at radius 2 is 2.29 bits per heavy atom. The van der Waals surface area contributed by atoms with Crippen LogP contribution < -0.4 is 16.4 Å². The van der Waals surface area contributed by atoms with Crippen molar-refractivity contribution in [1.82, 2.24) is 19.5 Å². The lowest BCUT2D eigenvalue weighted by Crippen LogP contribution is -2.28. The molecule has 0 bridgehead atoms. The number of hydrogen-bond acceptors (Lipinski definition) is 2. The Balaban J connectivity index is 2.18. The van der Waals surface area contributed by atoms with E-state index >= 15 is 0 Å². The number of pyridine rings is 1. The number of unbranched alkanes of at least 4 members (excludes halogenated alkanes) is 1. The van der Waals surface area contributed by atoms with Gasteiger partial charge in [-0.2, -0.15) is 0 Å². The average Bonchev–Trinajstić information content (AvgIpc) is 3.02. The van der Waals surface area contributed by atoms with Gasteiger partial charge in [-0.3, -0.25) is 9.36 Å². The fraction of sp³-hybridized carbons (Fsp3) is 0.250. The summed E-state index contributed by atoms with van der Waals surface area (Å²) in [6, 6.07) is 3.88. The van der Waals surface area contributed by atoms with E-state index in [1.54, 1.807) is 17.8 Å². The monoisotopic (exact) mass is 282 g/mol. The summed E-state index contributed by atoms with van der Waals surface area (Å²) in [6.07, 6.45) is 9.54. The third kappa shape index (κ3) is 2.42. The van der Waals surface area contributed by atoms with Crippen molar-refractivity contribution in [1.29, 1.82) is 0 Å². The van der Waals surface area contributed by atoms with Crippen molar-refractivity contribution in [3.05, 3.63) is 51.3 Å². The normalized spacial score (nSPS) is 13.4. The van der Waals surface area contributed by atoms with Crippen molar-refractivity contribution in [2.45, 2.75) is 19.8 Å². The van der Waals surface area contributed by atoms with E-state index in [1.807, 2.05) is 24.4 Å². The van der Waals surface area contributed by atoms with Crippen LogP contribution in [0.4, 0.5) is 0 Å². The number of aromatic amines is 2. The van der Waals surface area contributed by atoms with Crippen molar-refractivity contribution in [3.8, 4) is 0 Å². The van der Waals surface area contributed by atoms with E-state index in [9.17, 15) is 4.79 Å². The van der Waals surface area contributed by atoms with E-state index in [0.29, 0.717) is 5.35 Å². The summed E-state index contributed by atoms with van der Waals surface area (Å²) in [4.78, 5) is 22.8. The number of nitrogens with zero attached hydrogens (tertiary/aromatic N) is 2. The quantitative estimate of drug-likeness (QED) is 0.752. The van der Waals surface area contributed by atoms with Gasteiger partial charge in [-0.1, -0.05) is 13.3 Å². The lowest BCUT2D eigenvalue weighted by Gasteiger charge is -1.88. The Morgan fingerprint density at radius 3 is 3.10 bits per heavy atom. The second-order valence-corrected chi connectivity index (χ2v) is 5.07. The molecule has 2 N–H and O–H groups in total. The van der Waals surface area contributed by atoms with E-state index in [0.717, 1.165) is 34.9 Å². The highest BCUT2D eigenvalue weighted by atomic mass is 16.1. The van der Waals surface area contributed by atoms with Gasteiger partial charge < -0.3 is 9.97 Å². The number of hydrogen-bond donors (Lipinski definition) is 2. The summed E-state index contributed by atoms with van der Waals surface area (Å²) in [5.41, 5.74) is 2.62. The van der Waals surface area contributed by atoms with Crippen LogP contribution in [0.3, 0.4) is 0 Å². The molecule has 21 heavy (non-hydrogen) atoms. The number of imidazole rings is 1. The van der Waals surface area contributed by atoms with E-state index in [4.69, 9.17) is 0 Å². The smallest absolute Gasteiger partial charge is 0.275 e. The molecule has 0 amide bonds. The summed E-state index contributed by atoms with van der Waals surface area (Å²) in [7, 11) is 1.79. The Hall–Kier alpha value is -2.56. The minimum Gasteiger partial charge on any atom is -0.346 e. The maximum absolute atomic E-state index is 12.3. The van der Waals surface area contributed by atoms with E-state index in [2.05, 4.69) is 28.0 Å². The molecule has 0 saturated heterocycles. The molecular formula is C16H18N4O. The largest absolute Gasteiger partial charge is 0.346 e. The molecule has 0 radical (unpaired) electrons. The molecule has 0 saturated carbocycles. The predicted molar refractivity (Wildman–Crippen MR) is 84.3 cm³/mol.